The highest BCUT2D eigenvalue weighted by Gasteiger charge is 2.45. The summed E-state index contributed by atoms with van der Waals surface area (Å²) in [5, 5.41) is 11.9. The third-order valence-corrected chi connectivity index (χ3v) is 7.70. The van der Waals surface area contributed by atoms with Crippen molar-refractivity contribution in [1.82, 2.24) is 5.01 Å². The van der Waals surface area contributed by atoms with E-state index in [0.29, 0.717) is 5.92 Å². The highest BCUT2D eigenvalue weighted by atomic mass is 32.2. The van der Waals surface area contributed by atoms with Crippen LogP contribution in [0.3, 0.4) is 0 Å². The number of hydrogen-bond donors (Lipinski definition) is 2. The second kappa shape index (κ2) is 11.2. The van der Waals surface area contributed by atoms with E-state index in [2.05, 4.69) is 85.1 Å². The maximum Gasteiger partial charge on any atom is 0.122 e. The summed E-state index contributed by atoms with van der Waals surface area (Å²) in [4.78, 5) is 1.23. The van der Waals surface area contributed by atoms with Crippen molar-refractivity contribution < 1.29 is 9.84 Å². The van der Waals surface area contributed by atoms with Crippen molar-refractivity contribution in [2.24, 2.45) is 17.7 Å². The van der Waals surface area contributed by atoms with Crippen LogP contribution in [0, 0.1) is 11.8 Å². The second-order valence-corrected chi connectivity index (χ2v) is 9.68. The van der Waals surface area contributed by atoms with E-state index in [1.165, 1.54) is 21.6 Å². The molecule has 4 nitrogen and oxygen atoms in total. The van der Waals surface area contributed by atoms with Gasteiger partial charge < -0.3 is 9.84 Å². The molecule has 174 valence electrons. The highest BCUT2D eigenvalue weighted by molar-refractivity contribution is 7.98. The van der Waals surface area contributed by atoms with Gasteiger partial charge in [-0.3, -0.25) is 5.84 Å². The van der Waals surface area contributed by atoms with Gasteiger partial charge in [0.05, 0.1) is 7.11 Å². The lowest BCUT2D eigenvalue weighted by atomic mass is 9.74. The summed E-state index contributed by atoms with van der Waals surface area (Å²) in [5.41, 5.74) is 3.74. The Kier molecular flexibility index (Phi) is 8.10. The van der Waals surface area contributed by atoms with E-state index < -0.39 is 0 Å². The zero-order chi connectivity index (χ0) is 23.2. The molecule has 1 saturated heterocycles. The molecule has 33 heavy (non-hydrogen) atoms. The van der Waals surface area contributed by atoms with Gasteiger partial charge in [0.1, 0.15) is 5.75 Å². The van der Waals surface area contributed by atoms with Gasteiger partial charge in [0.2, 0.25) is 0 Å². The van der Waals surface area contributed by atoms with Gasteiger partial charge in [-0.1, -0.05) is 60.7 Å². The van der Waals surface area contributed by atoms with Gasteiger partial charge in [-0.2, -0.15) is 0 Å². The molecule has 0 aromatic heterocycles. The first-order valence-corrected chi connectivity index (χ1v) is 12.8. The number of methoxy groups -OCH3 is 1. The smallest absolute Gasteiger partial charge is 0.122 e. The minimum atomic E-state index is 0.106. The average Bonchev–Trinajstić information content (AvgIpc) is 3.15. The molecule has 0 bridgehead atoms. The number of rotatable bonds is 9. The maximum atomic E-state index is 9.85. The lowest BCUT2D eigenvalue weighted by Gasteiger charge is -2.34. The molecule has 5 heteroatoms. The molecule has 0 amide bonds. The minimum Gasteiger partial charge on any atom is -0.496 e. The quantitative estimate of drug-likeness (QED) is 0.348. The van der Waals surface area contributed by atoms with Gasteiger partial charge in [-0.25, -0.2) is 5.01 Å². The number of hydrogen-bond acceptors (Lipinski definition) is 5. The molecule has 0 saturated carbocycles. The van der Waals surface area contributed by atoms with Crippen LogP contribution in [0.25, 0.3) is 0 Å². The average molecular weight is 463 g/mol. The van der Waals surface area contributed by atoms with Crippen LogP contribution in [-0.4, -0.2) is 42.7 Å². The van der Waals surface area contributed by atoms with E-state index in [1.807, 2.05) is 5.01 Å². The Labute approximate surface area is 201 Å². The van der Waals surface area contributed by atoms with Crippen LogP contribution in [-0.2, 0) is 6.42 Å². The highest BCUT2D eigenvalue weighted by Crippen LogP contribution is 2.44. The lowest BCUT2D eigenvalue weighted by molar-refractivity contribution is 0.206. The van der Waals surface area contributed by atoms with Crippen LogP contribution in [0.15, 0.2) is 83.8 Å². The molecule has 0 aliphatic carbocycles. The molecule has 0 radical (unpaired) electrons. The van der Waals surface area contributed by atoms with Crippen molar-refractivity contribution in [3.63, 3.8) is 0 Å². The predicted molar refractivity (Wildman–Crippen MR) is 137 cm³/mol. The second-order valence-electron chi connectivity index (χ2n) is 8.80. The van der Waals surface area contributed by atoms with Gasteiger partial charge in [-0.15, -0.1) is 11.8 Å². The lowest BCUT2D eigenvalue weighted by Crippen LogP contribution is -2.43. The summed E-state index contributed by atoms with van der Waals surface area (Å²) in [7, 11) is 1.74. The summed E-state index contributed by atoms with van der Waals surface area (Å²) in [6.45, 7) is 0.946. The Morgan fingerprint density at radius 2 is 1.67 bits per heavy atom. The molecule has 3 atom stereocenters. The van der Waals surface area contributed by atoms with Crippen LogP contribution in [0.2, 0.25) is 0 Å². The zero-order valence-corrected chi connectivity index (χ0v) is 20.2. The van der Waals surface area contributed by atoms with Crippen LogP contribution >= 0.6 is 11.8 Å². The molecule has 3 aromatic carbocycles. The van der Waals surface area contributed by atoms with Crippen molar-refractivity contribution in [2.45, 2.75) is 29.7 Å². The van der Waals surface area contributed by atoms with Crippen LogP contribution in [0.4, 0.5) is 0 Å². The van der Waals surface area contributed by atoms with Gasteiger partial charge in [-0.05, 0) is 65.8 Å². The summed E-state index contributed by atoms with van der Waals surface area (Å²) in [5.74, 6) is 8.40. The van der Waals surface area contributed by atoms with Gasteiger partial charge in [0.15, 0.2) is 0 Å². The van der Waals surface area contributed by atoms with E-state index in [-0.39, 0.29) is 24.5 Å². The zero-order valence-electron chi connectivity index (χ0n) is 19.4. The van der Waals surface area contributed by atoms with Crippen LogP contribution < -0.4 is 10.6 Å². The standard InChI is InChI=1S/C28H34N2O2S/c1-32-26-14-13-24(33-2)17-23(26)18-25-22(15-16-31)19-30(29)28(25)27(20-9-5-3-6-10-20)21-11-7-4-8-12-21/h3-14,17,22,25,27-28,31H,15-16,18-19,29H2,1-2H3. The molecular weight excluding hydrogens is 428 g/mol. The van der Waals surface area contributed by atoms with Crippen molar-refractivity contribution in [2.75, 3.05) is 26.5 Å². The normalized spacial score (nSPS) is 20.9. The molecular formula is C28H34N2O2S. The predicted octanol–water partition coefficient (Wildman–Crippen LogP) is 4.96. The van der Waals surface area contributed by atoms with E-state index in [0.717, 1.165) is 25.1 Å². The van der Waals surface area contributed by atoms with E-state index in [4.69, 9.17) is 10.6 Å². The minimum absolute atomic E-state index is 0.106. The fourth-order valence-electron chi connectivity index (χ4n) is 5.45. The van der Waals surface area contributed by atoms with Gasteiger partial charge >= 0.3 is 0 Å². The Bertz CT molecular complexity index is 975. The first-order valence-electron chi connectivity index (χ1n) is 11.6. The first kappa shape index (κ1) is 23.8. The number of aliphatic hydroxyl groups excluding tert-OH is 1. The number of nitrogens with two attached hydrogens (primary N) is 1. The maximum absolute atomic E-state index is 9.85. The van der Waals surface area contributed by atoms with E-state index in [1.54, 1.807) is 18.9 Å². The summed E-state index contributed by atoms with van der Waals surface area (Å²) < 4.78 is 5.74. The van der Waals surface area contributed by atoms with Gasteiger partial charge in [0.25, 0.3) is 0 Å². The molecule has 1 aliphatic heterocycles. The molecule has 4 rings (SSSR count). The van der Waals surface area contributed by atoms with Crippen LogP contribution in [0.5, 0.6) is 5.75 Å². The number of aliphatic hydroxyl groups is 1. The van der Waals surface area contributed by atoms with Crippen molar-refractivity contribution in [3.8, 4) is 5.75 Å². The molecule has 3 unspecified atom stereocenters. The van der Waals surface area contributed by atoms with Gasteiger partial charge in [0, 0.05) is 30.0 Å². The summed E-state index contributed by atoms with van der Waals surface area (Å²) in [6, 6.07) is 27.9. The summed E-state index contributed by atoms with van der Waals surface area (Å²) >= 11 is 1.74. The largest absolute Gasteiger partial charge is 0.496 e. The van der Waals surface area contributed by atoms with E-state index in [9.17, 15) is 5.11 Å². The molecule has 3 aromatic rings. The van der Waals surface area contributed by atoms with E-state index >= 15 is 0 Å². The Morgan fingerprint density at radius 1 is 1.03 bits per heavy atom. The molecule has 3 N–H and O–H groups in total. The molecule has 1 fully saturated rings. The third kappa shape index (κ3) is 5.28. The fourth-order valence-corrected chi connectivity index (χ4v) is 5.92. The van der Waals surface area contributed by atoms with Crippen molar-refractivity contribution in [3.05, 3.63) is 95.6 Å². The number of hydrazine groups is 1. The topological polar surface area (TPSA) is 58.7 Å². The Balaban J connectivity index is 1.78. The molecule has 0 spiro atoms. The molecule has 1 aliphatic rings. The van der Waals surface area contributed by atoms with Crippen molar-refractivity contribution in [1.29, 1.82) is 0 Å². The fraction of sp³-hybridized carbons (Fsp3) is 0.357. The number of benzene rings is 3. The van der Waals surface area contributed by atoms with Crippen molar-refractivity contribution >= 4 is 11.8 Å². The Hall–Kier alpha value is -2.31. The SMILES string of the molecule is COc1ccc(SC)cc1CC1C(CCO)CN(N)C1C(c1ccccc1)c1ccccc1. The summed E-state index contributed by atoms with van der Waals surface area (Å²) in [6.07, 6.45) is 3.70. The third-order valence-electron chi connectivity index (χ3n) is 6.97. The number of thioether (sulfide) groups is 1. The molecule has 1 heterocycles. The first-order chi connectivity index (χ1) is 16.2. The number of ether oxygens (including phenoxy) is 1. The monoisotopic (exact) mass is 462 g/mol. The number of nitrogens with zero attached hydrogens (tertiary/aromatic N) is 1. The van der Waals surface area contributed by atoms with Crippen LogP contribution in [0.1, 0.15) is 29.0 Å². The Morgan fingerprint density at radius 3 is 2.21 bits per heavy atom.